The second-order valence-electron chi connectivity index (χ2n) is 6.11. The van der Waals surface area contributed by atoms with E-state index in [9.17, 15) is 14.7 Å². The zero-order valence-electron chi connectivity index (χ0n) is 12.5. The van der Waals surface area contributed by atoms with Crippen molar-refractivity contribution in [3.8, 4) is 0 Å². The number of aliphatic hydroxyl groups is 1. The summed E-state index contributed by atoms with van der Waals surface area (Å²) >= 11 is 0. The molecular formula is C15H26N2O4. The van der Waals surface area contributed by atoms with E-state index in [0.717, 1.165) is 32.1 Å². The van der Waals surface area contributed by atoms with E-state index in [1.54, 1.807) is 9.80 Å². The summed E-state index contributed by atoms with van der Waals surface area (Å²) in [5.41, 5.74) is 0. The molecule has 2 aliphatic rings. The van der Waals surface area contributed by atoms with Crippen LogP contribution < -0.4 is 0 Å². The van der Waals surface area contributed by atoms with Crippen molar-refractivity contribution in [1.29, 1.82) is 0 Å². The molecule has 1 saturated carbocycles. The molecule has 0 unspecified atom stereocenters. The summed E-state index contributed by atoms with van der Waals surface area (Å²) in [7, 11) is 0. The number of rotatable bonds is 4. The SMILES string of the molecule is O=C(O)[C@H]1CCCN(C(=O)N(CCO)C2CCCCC2)C1. The third-order valence-electron chi connectivity index (χ3n) is 4.64. The van der Waals surface area contributed by atoms with Gasteiger partial charge in [-0.05, 0) is 25.7 Å². The smallest absolute Gasteiger partial charge is 0.320 e. The molecule has 2 fully saturated rings. The lowest BCUT2D eigenvalue weighted by Crippen LogP contribution is -2.53. The van der Waals surface area contributed by atoms with E-state index in [0.29, 0.717) is 26.1 Å². The van der Waals surface area contributed by atoms with E-state index < -0.39 is 11.9 Å². The lowest BCUT2D eigenvalue weighted by Gasteiger charge is -2.39. The van der Waals surface area contributed by atoms with Crippen molar-refractivity contribution in [1.82, 2.24) is 9.80 Å². The van der Waals surface area contributed by atoms with E-state index >= 15 is 0 Å². The first kappa shape index (κ1) is 16.1. The molecule has 2 rings (SSSR count). The number of carboxylic acid groups (broad SMARTS) is 1. The van der Waals surface area contributed by atoms with Crippen molar-refractivity contribution >= 4 is 12.0 Å². The summed E-state index contributed by atoms with van der Waals surface area (Å²) in [5, 5.41) is 18.4. The molecule has 2 N–H and O–H groups in total. The van der Waals surface area contributed by atoms with Crippen molar-refractivity contribution < 1.29 is 19.8 Å². The number of hydrogen-bond donors (Lipinski definition) is 2. The second-order valence-corrected chi connectivity index (χ2v) is 6.11. The number of amides is 2. The van der Waals surface area contributed by atoms with Crippen LogP contribution >= 0.6 is 0 Å². The summed E-state index contributed by atoms with van der Waals surface area (Å²) < 4.78 is 0. The number of aliphatic hydroxyl groups excluding tert-OH is 1. The van der Waals surface area contributed by atoms with Gasteiger partial charge in [-0.1, -0.05) is 19.3 Å². The molecule has 21 heavy (non-hydrogen) atoms. The molecular weight excluding hydrogens is 272 g/mol. The van der Waals surface area contributed by atoms with E-state index in [1.807, 2.05) is 0 Å². The van der Waals surface area contributed by atoms with Crippen LogP contribution in [0.4, 0.5) is 4.79 Å². The minimum atomic E-state index is -0.820. The van der Waals surface area contributed by atoms with Crippen molar-refractivity contribution in [3.05, 3.63) is 0 Å². The quantitative estimate of drug-likeness (QED) is 0.824. The van der Waals surface area contributed by atoms with E-state index in [-0.39, 0.29) is 18.7 Å². The van der Waals surface area contributed by atoms with Crippen LogP contribution in [0.3, 0.4) is 0 Å². The molecule has 2 amide bonds. The minimum Gasteiger partial charge on any atom is -0.481 e. The van der Waals surface area contributed by atoms with Gasteiger partial charge in [0, 0.05) is 25.7 Å². The second kappa shape index (κ2) is 7.64. The highest BCUT2D eigenvalue weighted by Gasteiger charge is 2.33. The molecule has 6 heteroatoms. The third kappa shape index (κ3) is 4.09. The fourth-order valence-electron chi connectivity index (χ4n) is 3.47. The predicted molar refractivity (Wildman–Crippen MR) is 78.0 cm³/mol. The monoisotopic (exact) mass is 298 g/mol. The standard InChI is InChI=1S/C15H26N2O4/c18-10-9-17(13-6-2-1-3-7-13)15(21)16-8-4-5-12(11-16)14(19)20/h12-13,18H,1-11H2,(H,19,20)/t12-/m0/s1. The zero-order valence-corrected chi connectivity index (χ0v) is 12.5. The molecule has 1 saturated heterocycles. The number of hydrogen-bond acceptors (Lipinski definition) is 3. The third-order valence-corrected chi connectivity index (χ3v) is 4.64. The highest BCUT2D eigenvalue weighted by atomic mass is 16.4. The first-order valence-electron chi connectivity index (χ1n) is 8.02. The van der Waals surface area contributed by atoms with Crippen molar-refractivity contribution in [3.63, 3.8) is 0 Å². The number of likely N-dealkylation sites (tertiary alicyclic amines) is 1. The average Bonchev–Trinajstić information content (AvgIpc) is 2.53. The fraction of sp³-hybridized carbons (Fsp3) is 0.867. The van der Waals surface area contributed by atoms with Gasteiger partial charge < -0.3 is 20.0 Å². The average molecular weight is 298 g/mol. The summed E-state index contributed by atoms with van der Waals surface area (Å²) in [6.07, 6.45) is 6.81. The van der Waals surface area contributed by atoms with Crippen LogP contribution in [0.25, 0.3) is 0 Å². The maximum Gasteiger partial charge on any atom is 0.320 e. The highest BCUT2D eigenvalue weighted by molar-refractivity contribution is 5.77. The molecule has 1 aliphatic carbocycles. The number of carbonyl (C=O) groups excluding carboxylic acids is 1. The first-order valence-corrected chi connectivity index (χ1v) is 8.02. The number of carboxylic acids is 1. The van der Waals surface area contributed by atoms with E-state index in [2.05, 4.69) is 0 Å². The van der Waals surface area contributed by atoms with Crippen LogP contribution in [0.1, 0.15) is 44.9 Å². The van der Waals surface area contributed by atoms with Gasteiger partial charge in [0.25, 0.3) is 0 Å². The number of urea groups is 1. The Morgan fingerprint density at radius 1 is 1.10 bits per heavy atom. The Morgan fingerprint density at radius 3 is 2.43 bits per heavy atom. The first-order chi connectivity index (χ1) is 10.1. The van der Waals surface area contributed by atoms with Gasteiger partial charge in [0.15, 0.2) is 0 Å². The molecule has 0 radical (unpaired) electrons. The Hall–Kier alpha value is -1.30. The van der Waals surface area contributed by atoms with Crippen LogP contribution in [0.15, 0.2) is 0 Å². The van der Waals surface area contributed by atoms with Crippen molar-refractivity contribution in [2.45, 2.75) is 51.0 Å². The van der Waals surface area contributed by atoms with E-state index in [4.69, 9.17) is 5.11 Å². The number of aliphatic carboxylic acids is 1. The van der Waals surface area contributed by atoms with Crippen molar-refractivity contribution in [2.24, 2.45) is 5.92 Å². The van der Waals surface area contributed by atoms with Gasteiger partial charge >= 0.3 is 12.0 Å². The predicted octanol–water partition coefficient (Wildman–Crippen LogP) is 1.53. The molecule has 120 valence electrons. The van der Waals surface area contributed by atoms with Crippen LogP contribution in [-0.2, 0) is 4.79 Å². The molecule has 1 heterocycles. The maximum atomic E-state index is 12.7. The molecule has 0 aromatic heterocycles. The Bertz CT molecular complexity index is 369. The molecule has 0 aromatic carbocycles. The van der Waals surface area contributed by atoms with Crippen LogP contribution in [0.2, 0.25) is 0 Å². The fourth-order valence-corrected chi connectivity index (χ4v) is 3.47. The normalized spacial score (nSPS) is 23.9. The Labute approximate surface area is 125 Å². The van der Waals surface area contributed by atoms with Gasteiger partial charge in [0.05, 0.1) is 12.5 Å². The summed E-state index contributed by atoms with van der Waals surface area (Å²) in [6.45, 7) is 1.22. The lowest BCUT2D eigenvalue weighted by atomic mass is 9.94. The molecule has 0 spiro atoms. The molecule has 6 nitrogen and oxygen atoms in total. The van der Waals surface area contributed by atoms with E-state index in [1.165, 1.54) is 6.42 Å². The van der Waals surface area contributed by atoms with Gasteiger partial charge in [-0.25, -0.2) is 4.79 Å². The maximum absolute atomic E-state index is 12.7. The highest BCUT2D eigenvalue weighted by Crippen LogP contribution is 2.25. The van der Waals surface area contributed by atoms with Crippen LogP contribution in [-0.4, -0.2) is 64.3 Å². The Morgan fingerprint density at radius 2 is 1.81 bits per heavy atom. The molecule has 0 aromatic rings. The topological polar surface area (TPSA) is 81.1 Å². The zero-order chi connectivity index (χ0) is 15.2. The van der Waals surface area contributed by atoms with Crippen LogP contribution in [0, 0.1) is 5.92 Å². The molecule has 0 bridgehead atoms. The number of carbonyl (C=O) groups is 2. The van der Waals surface area contributed by atoms with Gasteiger partial charge in [-0.2, -0.15) is 0 Å². The Balaban J connectivity index is 2.01. The van der Waals surface area contributed by atoms with Gasteiger partial charge in [0.1, 0.15) is 0 Å². The summed E-state index contributed by atoms with van der Waals surface area (Å²) in [6, 6.07) is 0.102. The Kier molecular flexibility index (Phi) is 5.85. The molecule has 1 atom stereocenters. The van der Waals surface area contributed by atoms with Gasteiger partial charge in [-0.15, -0.1) is 0 Å². The number of nitrogens with zero attached hydrogens (tertiary/aromatic N) is 2. The molecule has 1 aliphatic heterocycles. The largest absolute Gasteiger partial charge is 0.481 e. The van der Waals surface area contributed by atoms with Gasteiger partial charge in [-0.3, -0.25) is 4.79 Å². The summed E-state index contributed by atoms with van der Waals surface area (Å²) in [5.74, 6) is -1.27. The lowest BCUT2D eigenvalue weighted by molar-refractivity contribution is -0.143. The van der Waals surface area contributed by atoms with Crippen LogP contribution in [0.5, 0.6) is 0 Å². The summed E-state index contributed by atoms with van der Waals surface area (Å²) in [4.78, 5) is 27.3. The number of piperidine rings is 1. The van der Waals surface area contributed by atoms with Crippen molar-refractivity contribution in [2.75, 3.05) is 26.2 Å². The van der Waals surface area contributed by atoms with Gasteiger partial charge in [0.2, 0.25) is 0 Å². The minimum absolute atomic E-state index is 0.0432.